The van der Waals surface area contributed by atoms with Crippen LogP contribution in [0.4, 0.5) is 0 Å². The lowest BCUT2D eigenvalue weighted by Gasteiger charge is -2.18. The van der Waals surface area contributed by atoms with Crippen LogP contribution in [0.3, 0.4) is 0 Å². The zero-order chi connectivity index (χ0) is 11.8. The Morgan fingerprint density at radius 3 is 2.33 bits per heavy atom. The molecule has 0 aromatic rings. The molecule has 2 unspecified atom stereocenters. The normalized spacial score (nSPS) is 15.1. The fraction of sp³-hybridized carbons (Fsp3) is 0.917. The summed E-state index contributed by atoms with van der Waals surface area (Å²) in [5.41, 5.74) is 5.56. The molecule has 0 saturated heterocycles. The molecule has 0 radical (unpaired) electrons. The van der Waals surface area contributed by atoms with Crippen molar-refractivity contribution < 1.29 is 4.79 Å². The monoisotopic (exact) mass is 214 g/mol. The van der Waals surface area contributed by atoms with Gasteiger partial charge in [-0.3, -0.25) is 4.79 Å². The maximum Gasteiger partial charge on any atom is 0.220 e. The first-order valence-electron chi connectivity index (χ1n) is 5.99. The third kappa shape index (κ3) is 7.37. The largest absolute Gasteiger partial charge is 0.354 e. The predicted octanol–water partition coefficient (Wildman–Crippen LogP) is 1.91. The van der Waals surface area contributed by atoms with Gasteiger partial charge in [0.25, 0.3) is 0 Å². The molecule has 0 spiro atoms. The second kappa shape index (κ2) is 7.69. The van der Waals surface area contributed by atoms with E-state index < -0.39 is 0 Å². The van der Waals surface area contributed by atoms with E-state index in [1.165, 1.54) is 0 Å². The van der Waals surface area contributed by atoms with Crippen LogP contribution < -0.4 is 11.1 Å². The Morgan fingerprint density at radius 2 is 1.93 bits per heavy atom. The van der Waals surface area contributed by atoms with Crippen molar-refractivity contribution in [3.63, 3.8) is 0 Å². The van der Waals surface area contributed by atoms with Gasteiger partial charge < -0.3 is 11.1 Å². The average Bonchev–Trinajstić information content (AvgIpc) is 2.12. The summed E-state index contributed by atoms with van der Waals surface area (Å²) in [6.07, 6.45) is 2.57. The second-order valence-electron chi connectivity index (χ2n) is 4.81. The minimum Gasteiger partial charge on any atom is -0.354 e. The fourth-order valence-corrected chi connectivity index (χ4v) is 1.76. The van der Waals surface area contributed by atoms with Gasteiger partial charge >= 0.3 is 0 Å². The fourth-order valence-electron chi connectivity index (χ4n) is 1.76. The zero-order valence-electron chi connectivity index (χ0n) is 10.5. The van der Waals surface area contributed by atoms with Crippen molar-refractivity contribution in [3.05, 3.63) is 0 Å². The molecule has 2 atom stereocenters. The van der Waals surface area contributed by atoms with E-state index in [9.17, 15) is 4.79 Å². The van der Waals surface area contributed by atoms with E-state index in [-0.39, 0.29) is 11.9 Å². The van der Waals surface area contributed by atoms with Crippen LogP contribution in [0.25, 0.3) is 0 Å². The molecule has 0 aliphatic heterocycles. The van der Waals surface area contributed by atoms with E-state index in [1.54, 1.807) is 0 Å². The molecule has 3 heteroatoms. The molecule has 0 rings (SSSR count). The SMILES string of the molecule is CCC(CN)CC(=O)NC(C)CC(C)C. The molecule has 3 N–H and O–H groups in total. The Bertz CT molecular complexity index is 176. The smallest absolute Gasteiger partial charge is 0.220 e. The number of amides is 1. The molecular formula is C12H26N2O. The summed E-state index contributed by atoms with van der Waals surface area (Å²) < 4.78 is 0. The van der Waals surface area contributed by atoms with Gasteiger partial charge in [-0.15, -0.1) is 0 Å². The van der Waals surface area contributed by atoms with Gasteiger partial charge in [-0.25, -0.2) is 0 Å². The first kappa shape index (κ1) is 14.4. The van der Waals surface area contributed by atoms with Crippen LogP contribution >= 0.6 is 0 Å². The van der Waals surface area contributed by atoms with Crippen LogP contribution in [-0.4, -0.2) is 18.5 Å². The molecular weight excluding hydrogens is 188 g/mol. The van der Waals surface area contributed by atoms with E-state index in [0.29, 0.717) is 24.8 Å². The van der Waals surface area contributed by atoms with Gasteiger partial charge in [-0.1, -0.05) is 27.2 Å². The molecule has 0 aliphatic carbocycles. The standard InChI is InChI=1S/C12H26N2O/c1-5-11(8-13)7-12(15)14-10(4)6-9(2)3/h9-11H,5-8,13H2,1-4H3,(H,14,15). The Kier molecular flexibility index (Phi) is 7.39. The van der Waals surface area contributed by atoms with Crippen molar-refractivity contribution in [2.75, 3.05) is 6.54 Å². The molecule has 0 aromatic heterocycles. The number of carbonyl (C=O) groups excluding carboxylic acids is 1. The van der Waals surface area contributed by atoms with Gasteiger partial charge in [0, 0.05) is 12.5 Å². The van der Waals surface area contributed by atoms with Crippen molar-refractivity contribution in [1.82, 2.24) is 5.32 Å². The van der Waals surface area contributed by atoms with Crippen LogP contribution in [-0.2, 0) is 4.79 Å². The van der Waals surface area contributed by atoms with Crippen LogP contribution in [0, 0.1) is 11.8 Å². The van der Waals surface area contributed by atoms with Crippen LogP contribution in [0.2, 0.25) is 0 Å². The van der Waals surface area contributed by atoms with Crippen molar-refractivity contribution in [1.29, 1.82) is 0 Å². The number of nitrogens with one attached hydrogen (secondary N) is 1. The highest BCUT2D eigenvalue weighted by Gasteiger charge is 2.13. The Hall–Kier alpha value is -0.570. The summed E-state index contributed by atoms with van der Waals surface area (Å²) in [5, 5.41) is 3.02. The van der Waals surface area contributed by atoms with E-state index >= 15 is 0 Å². The lowest BCUT2D eigenvalue weighted by Crippen LogP contribution is -2.35. The minimum absolute atomic E-state index is 0.139. The first-order valence-corrected chi connectivity index (χ1v) is 5.99. The predicted molar refractivity (Wildman–Crippen MR) is 64.5 cm³/mol. The lowest BCUT2D eigenvalue weighted by molar-refractivity contribution is -0.122. The van der Waals surface area contributed by atoms with E-state index in [1.807, 2.05) is 0 Å². The minimum atomic E-state index is 0.139. The molecule has 0 aromatic carbocycles. The van der Waals surface area contributed by atoms with Crippen LogP contribution in [0.15, 0.2) is 0 Å². The van der Waals surface area contributed by atoms with Gasteiger partial charge in [0.2, 0.25) is 5.91 Å². The molecule has 1 amide bonds. The van der Waals surface area contributed by atoms with E-state index in [0.717, 1.165) is 12.8 Å². The lowest BCUT2D eigenvalue weighted by atomic mass is 10.0. The summed E-state index contributed by atoms with van der Waals surface area (Å²) in [6.45, 7) is 9.06. The zero-order valence-corrected chi connectivity index (χ0v) is 10.5. The van der Waals surface area contributed by atoms with Gasteiger partial charge in [-0.2, -0.15) is 0 Å². The maximum atomic E-state index is 11.6. The van der Waals surface area contributed by atoms with Crippen LogP contribution in [0.1, 0.15) is 47.0 Å². The van der Waals surface area contributed by atoms with Gasteiger partial charge in [0.15, 0.2) is 0 Å². The summed E-state index contributed by atoms with van der Waals surface area (Å²) in [4.78, 5) is 11.6. The highest BCUT2D eigenvalue weighted by atomic mass is 16.1. The van der Waals surface area contributed by atoms with Crippen molar-refractivity contribution in [3.8, 4) is 0 Å². The van der Waals surface area contributed by atoms with E-state index in [2.05, 4.69) is 33.0 Å². The Labute approximate surface area is 93.8 Å². The number of hydrogen-bond donors (Lipinski definition) is 2. The van der Waals surface area contributed by atoms with Crippen molar-refractivity contribution in [2.45, 2.75) is 53.0 Å². The number of carbonyl (C=O) groups is 1. The van der Waals surface area contributed by atoms with Crippen molar-refractivity contribution >= 4 is 5.91 Å². The van der Waals surface area contributed by atoms with Gasteiger partial charge in [-0.05, 0) is 31.7 Å². The molecule has 0 aliphatic rings. The van der Waals surface area contributed by atoms with Crippen LogP contribution in [0.5, 0.6) is 0 Å². The highest BCUT2D eigenvalue weighted by molar-refractivity contribution is 5.76. The quantitative estimate of drug-likeness (QED) is 0.680. The summed E-state index contributed by atoms with van der Waals surface area (Å²) >= 11 is 0. The second-order valence-corrected chi connectivity index (χ2v) is 4.81. The molecule has 0 bridgehead atoms. The Morgan fingerprint density at radius 1 is 1.33 bits per heavy atom. The van der Waals surface area contributed by atoms with Gasteiger partial charge in [0.1, 0.15) is 0 Å². The topological polar surface area (TPSA) is 55.1 Å². The summed E-state index contributed by atoms with van der Waals surface area (Å²) in [6, 6.07) is 0.271. The first-order chi connectivity index (χ1) is 6.99. The number of rotatable bonds is 7. The molecule has 0 fully saturated rings. The molecule has 0 heterocycles. The molecule has 0 saturated carbocycles. The molecule has 15 heavy (non-hydrogen) atoms. The maximum absolute atomic E-state index is 11.6. The number of hydrogen-bond acceptors (Lipinski definition) is 2. The van der Waals surface area contributed by atoms with Gasteiger partial charge in [0.05, 0.1) is 0 Å². The highest BCUT2D eigenvalue weighted by Crippen LogP contribution is 2.08. The molecule has 3 nitrogen and oxygen atoms in total. The average molecular weight is 214 g/mol. The van der Waals surface area contributed by atoms with E-state index in [4.69, 9.17) is 5.73 Å². The Balaban J connectivity index is 3.81. The summed E-state index contributed by atoms with van der Waals surface area (Å²) in [5.74, 6) is 1.09. The third-order valence-electron chi connectivity index (χ3n) is 2.62. The molecule has 90 valence electrons. The third-order valence-corrected chi connectivity index (χ3v) is 2.62. The van der Waals surface area contributed by atoms with Crippen molar-refractivity contribution in [2.24, 2.45) is 17.6 Å². The summed E-state index contributed by atoms with van der Waals surface area (Å²) in [7, 11) is 0. The number of nitrogens with two attached hydrogens (primary N) is 1.